The van der Waals surface area contributed by atoms with Gasteiger partial charge in [-0.1, -0.05) is 18.0 Å². The summed E-state index contributed by atoms with van der Waals surface area (Å²) >= 11 is 7.53. The van der Waals surface area contributed by atoms with Crippen LogP contribution >= 0.6 is 35.3 Å². The summed E-state index contributed by atoms with van der Waals surface area (Å²) < 4.78 is 0.730. The third-order valence-corrected chi connectivity index (χ3v) is 6.77. The van der Waals surface area contributed by atoms with Crippen molar-refractivity contribution in [3.63, 3.8) is 0 Å². The number of aromatic nitrogens is 1. The Labute approximate surface area is 162 Å². The van der Waals surface area contributed by atoms with Gasteiger partial charge in [-0.25, -0.2) is 0 Å². The van der Waals surface area contributed by atoms with Crippen LogP contribution in [0.2, 0.25) is 4.34 Å². The number of amides is 1. The van der Waals surface area contributed by atoms with Crippen LogP contribution < -0.4 is 11.1 Å². The Hall–Kier alpha value is -1.01. The van der Waals surface area contributed by atoms with E-state index in [1.54, 1.807) is 6.20 Å². The van der Waals surface area contributed by atoms with E-state index in [1.807, 2.05) is 18.3 Å². The van der Waals surface area contributed by atoms with Crippen LogP contribution in [0, 0.1) is 11.8 Å². The first-order chi connectivity index (χ1) is 11.6. The van der Waals surface area contributed by atoms with Crippen molar-refractivity contribution in [2.24, 2.45) is 17.6 Å². The molecule has 2 bridgehead atoms. The molecule has 2 aliphatic carbocycles. The Morgan fingerprint density at radius 1 is 1.24 bits per heavy atom. The second-order valence-corrected chi connectivity index (χ2v) is 8.78. The summed E-state index contributed by atoms with van der Waals surface area (Å²) in [6.45, 7) is 0. The van der Waals surface area contributed by atoms with Crippen LogP contribution in [0.25, 0.3) is 10.4 Å². The fourth-order valence-electron chi connectivity index (χ4n) is 4.47. The first-order valence-corrected chi connectivity index (χ1v) is 9.80. The lowest BCUT2D eigenvalue weighted by Gasteiger charge is -2.45. The van der Waals surface area contributed by atoms with E-state index in [0.29, 0.717) is 23.4 Å². The van der Waals surface area contributed by atoms with Gasteiger partial charge < -0.3 is 16.0 Å². The van der Waals surface area contributed by atoms with Gasteiger partial charge in [0.1, 0.15) is 0 Å². The van der Waals surface area contributed by atoms with Crippen molar-refractivity contribution in [2.75, 3.05) is 0 Å². The highest BCUT2D eigenvalue weighted by atomic mass is 35.5. The summed E-state index contributed by atoms with van der Waals surface area (Å²) in [6.07, 6.45) is 9.32. The topological polar surface area (TPSA) is 70.9 Å². The molecule has 2 unspecified atom stereocenters. The summed E-state index contributed by atoms with van der Waals surface area (Å²) in [5, 5.41) is 3.32. The van der Waals surface area contributed by atoms with Crippen molar-refractivity contribution >= 4 is 41.3 Å². The maximum Gasteiger partial charge on any atom is 0.253 e. The standard InChI is InChI=1S/C18H22ClN3OS.ClH/c19-16-5-4-15(24-16)13-8-21-9-14(13)18(23)22-17-10-2-1-3-11(17)7-12(20)6-10;/h4-5,8-12,17,21H,1-3,6-7,20H2,(H,22,23);1H. The van der Waals surface area contributed by atoms with E-state index in [-0.39, 0.29) is 24.4 Å². The molecular formula is C18H23Cl2N3OS. The molecule has 0 radical (unpaired) electrons. The quantitative estimate of drug-likeness (QED) is 0.712. The molecule has 25 heavy (non-hydrogen) atoms. The SMILES string of the molecule is Cl.NC1CC2CCCC(C1)C2NC(=O)c1c[nH]cc1-c1ccc(Cl)s1. The fraction of sp³-hybridized carbons (Fsp3) is 0.500. The number of hydrogen-bond donors (Lipinski definition) is 3. The zero-order valence-electron chi connectivity index (χ0n) is 13.8. The van der Waals surface area contributed by atoms with Gasteiger partial charge in [-0.3, -0.25) is 4.79 Å². The van der Waals surface area contributed by atoms with E-state index in [1.165, 1.54) is 30.6 Å². The molecule has 0 spiro atoms. The average Bonchev–Trinajstić information content (AvgIpc) is 3.16. The lowest BCUT2D eigenvalue weighted by Crippen LogP contribution is -2.53. The Balaban J connectivity index is 0.00000182. The maximum absolute atomic E-state index is 12.9. The number of rotatable bonds is 3. The van der Waals surface area contributed by atoms with Gasteiger partial charge in [0, 0.05) is 34.9 Å². The lowest BCUT2D eigenvalue weighted by atomic mass is 9.67. The van der Waals surface area contributed by atoms with E-state index in [9.17, 15) is 4.79 Å². The number of hydrogen-bond acceptors (Lipinski definition) is 3. The van der Waals surface area contributed by atoms with Gasteiger partial charge in [-0.2, -0.15) is 0 Å². The highest BCUT2D eigenvalue weighted by Crippen LogP contribution is 2.40. The molecule has 4 N–H and O–H groups in total. The molecule has 2 atom stereocenters. The second kappa shape index (κ2) is 7.70. The summed E-state index contributed by atoms with van der Waals surface area (Å²) in [7, 11) is 0. The van der Waals surface area contributed by atoms with Gasteiger partial charge in [-0.05, 0) is 49.7 Å². The molecule has 2 aromatic rings. The van der Waals surface area contributed by atoms with Gasteiger partial charge in [0.2, 0.25) is 0 Å². The monoisotopic (exact) mass is 399 g/mol. The van der Waals surface area contributed by atoms with Crippen LogP contribution in [0.15, 0.2) is 24.5 Å². The molecule has 2 fully saturated rings. The highest BCUT2D eigenvalue weighted by molar-refractivity contribution is 7.19. The van der Waals surface area contributed by atoms with Crippen molar-refractivity contribution in [1.29, 1.82) is 0 Å². The van der Waals surface area contributed by atoms with Gasteiger partial charge in [-0.15, -0.1) is 23.7 Å². The number of H-pyrrole nitrogens is 1. The summed E-state index contributed by atoms with van der Waals surface area (Å²) in [6, 6.07) is 4.38. The predicted octanol–water partition coefficient (Wildman–Crippen LogP) is 4.45. The van der Waals surface area contributed by atoms with Crippen LogP contribution in [0.1, 0.15) is 42.5 Å². The minimum absolute atomic E-state index is 0. The highest BCUT2D eigenvalue weighted by Gasteiger charge is 2.40. The van der Waals surface area contributed by atoms with E-state index in [0.717, 1.165) is 27.6 Å². The smallest absolute Gasteiger partial charge is 0.253 e. The van der Waals surface area contributed by atoms with Crippen LogP contribution in [0.4, 0.5) is 0 Å². The summed E-state index contributed by atoms with van der Waals surface area (Å²) in [5.74, 6) is 1.05. The van der Waals surface area contributed by atoms with Crippen molar-refractivity contribution < 1.29 is 4.79 Å². The molecule has 4 rings (SSSR count). The summed E-state index contributed by atoms with van der Waals surface area (Å²) in [4.78, 5) is 17.0. The van der Waals surface area contributed by atoms with E-state index in [4.69, 9.17) is 17.3 Å². The third-order valence-electron chi connectivity index (χ3n) is 5.50. The predicted molar refractivity (Wildman–Crippen MR) is 106 cm³/mol. The fourth-order valence-corrected chi connectivity index (χ4v) is 5.54. The van der Waals surface area contributed by atoms with Crippen LogP contribution in [-0.4, -0.2) is 23.0 Å². The van der Waals surface area contributed by atoms with Crippen LogP contribution in [0.3, 0.4) is 0 Å². The summed E-state index contributed by atoms with van der Waals surface area (Å²) in [5.41, 5.74) is 7.80. The Morgan fingerprint density at radius 2 is 1.96 bits per heavy atom. The number of carbonyl (C=O) groups excluding carboxylic acids is 1. The lowest BCUT2D eigenvalue weighted by molar-refractivity contribution is 0.0756. The van der Waals surface area contributed by atoms with E-state index >= 15 is 0 Å². The molecule has 2 saturated carbocycles. The molecule has 1 amide bonds. The van der Waals surface area contributed by atoms with Crippen molar-refractivity contribution in [3.8, 4) is 10.4 Å². The van der Waals surface area contributed by atoms with E-state index < -0.39 is 0 Å². The number of halogens is 2. The molecule has 136 valence electrons. The number of nitrogens with two attached hydrogens (primary N) is 1. The van der Waals surface area contributed by atoms with Crippen molar-refractivity contribution in [1.82, 2.24) is 10.3 Å². The van der Waals surface area contributed by atoms with Crippen LogP contribution in [-0.2, 0) is 0 Å². The zero-order chi connectivity index (χ0) is 16.7. The number of fused-ring (bicyclic) bond motifs is 2. The second-order valence-electron chi connectivity index (χ2n) is 7.07. The Bertz CT molecular complexity index is 730. The third kappa shape index (κ3) is 3.75. The molecule has 4 nitrogen and oxygen atoms in total. The number of carbonyl (C=O) groups is 1. The number of aromatic amines is 1. The van der Waals surface area contributed by atoms with E-state index in [2.05, 4.69) is 10.3 Å². The van der Waals surface area contributed by atoms with Crippen molar-refractivity contribution in [3.05, 3.63) is 34.4 Å². The maximum atomic E-state index is 12.9. The van der Waals surface area contributed by atoms with Gasteiger partial charge in [0.25, 0.3) is 5.91 Å². The van der Waals surface area contributed by atoms with Gasteiger partial charge >= 0.3 is 0 Å². The Morgan fingerprint density at radius 3 is 2.60 bits per heavy atom. The molecule has 7 heteroatoms. The number of nitrogens with one attached hydrogen (secondary N) is 2. The molecule has 0 aromatic carbocycles. The molecule has 2 aromatic heterocycles. The largest absolute Gasteiger partial charge is 0.366 e. The average molecular weight is 400 g/mol. The molecule has 0 saturated heterocycles. The molecule has 2 heterocycles. The van der Waals surface area contributed by atoms with Gasteiger partial charge in [0.05, 0.1) is 9.90 Å². The molecule has 2 aliphatic rings. The van der Waals surface area contributed by atoms with Crippen LogP contribution in [0.5, 0.6) is 0 Å². The number of thiophene rings is 1. The first kappa shape index (κ1) is 18.8. The first-order valence-electron chi connectivity index (χ1n) is 8.60. The molecule has 0 aliphatic heterocycles. The zero-order valence-corrected chi connectivity index (χ0v) is 16.2. The minimum atomic E-state index is 0. The Kier molecular flexibility index (Phi) is 5.78. The van der Waals surface area contributed by atoms with Gasteiger partial charge in [0.15, 0.2) is 0 Å². The van der Waals surface area contributed by atoms with Crippen molar-refractivity contribution in [2.45, 2.75) is 44.2 Å². The molecular weight excluding hydrogens is 377 g/mol. The normalized spacial score (nSPS) is 28.2. The minimum Gasteiger partial charge on any atom is -0.366 e.